The van der Waals surface area contributed by atoms with E-state index >= 15 is 0 Å². The fourth-order valence-electron chi connectivity index (χ4n) is 0.480. The highest BCUT2D eigenvalue weighted by Crippen LogP contribution is 1.95. The molecule has 0 aromatic heterocycles. The maximum Gasteiger partial charge on any atom is 0.334 e. The fourth-order valence-corrected chi connectivity index (χ4v) is 0.480. The van der Waals surface area contributed by atoms with E-state index in [9.17, 15) is 9.59 Å². The molecule has 0 heterocycles. The largest absolute Gasteiger partial charge is 0.467 e. The Morgan fingerprint density at radius 2 is 2.40 bits per heavy atom. The Kier molecular flexibility index (Phi) is 4.49. The third-order valence-corrected chi connectivity index (χ3v) is 1.03. The van der Waals surface area contributed by atoms with Crippen LogP contribution in [0, 0.1) is 0 Å². The molecule has 0 radical (unpaired) electrons. The van der Waals surface area contributed by atoms with Crippen molar-refractivity contribution in [2.45, 2.75) is 18.9 Å². The van der Waals surface area contributed by atoms with Crippen molar-refractivity contribution < 1.29 is 19.4 Å². The number of aliphatic hydroxyl groups is 1. The van der Waals surface area contributed by atoms with Gasteiger partial charge in [0.05, 0.1) is 7.11 Å². The summed E-state index contributed by atoms with van der Waals surface area (Å²) in [5.74, 6) is -0.693. The number of hydrogen-bond acceptors (Lipinski definition) is 4. The minimum atomic E-state index is -1.16. The summed E-state index contributed by atoms with van der Waals surface area (Å²) in [6.07, 6.45) is -0.200. The lowest BCUT2D eigenvalue weighted by Gasteiger charge is -2.03. The Balaban J connectivity index is 3.50. The van der Waals surface area contributed by atoms with Crippen LogP contribution in [0.1, 0.15) is 12.8 Å². The van der Waals surface area contributed by atoms with Crippen LogP contribution in [0.4, 0.5) is 0 Å². The maximum absolute atomic E-state index is 10.4. The van der Waals surface area contributed by atoms with E-state index < -0.39 is 12.1 Å². The molecule has 0 bridgehead atoms. The quantitative estimate of drug-likeness (QED) is 0.429. The maximum atomic E-state index is 10.4. The summed E-state index contributed by atoms with van der Waals surface area (Å²) in [5.41, 5.74) is 0. The van der Waals surface area contributed by atoms with E-state index in [2.05, 4.69) is 4.74 Å². The molecule has 4 nitrogen and oxygen atoms in total. The van der Waals surface area contributed by atoms with Gasteiger partial charge in [0.25, 0.3) is 0 Å². The van der Waals surface area contributed by atoms with E-state index in [0.29, 0.717) is 6.29 Å². The number of carbonyl (C=O) groups excluding carboxylic acids is 2. The van der Waals surface area contributed by atoms with Crippen molar-refractivity contribution in [3.8, 4) is 0 Å². The van der Waals surface area contributed by atoms with E-state index in [0.717, 1.165) is 0 Å². The summed E-state index contributed by atoms with van der Waals surface area (Å²) in [4.78, 5) is 20.2. The van der Waals surface area contributed by atoms with Crippen LogP contribution >= 0.6 is 0 Å². The summed E-state index contributed by atoms with van der Waals surface area (Å²) >= 11 is 0. The Labute approximate surface area is 58.8 Å². The smallest absolute Gasteiger partial charge is 0.334 e. The first-order chi connectivity index (χ1) is 4.72. The highest BCUT2D eigenvalue weighted by Gasteiger charge is 2.13. The Bertz CT molecular complexity index is 121. The van der Waals surface area contributed by atoms with Gasteiger partial charge in [-0.25, -0.2) is 4.79 Å². The van der Waals surface area contributed by atoms with E-state index in [1.807, 2.05) is 0 Å². The van der Waals surface area contributed by atoms with E-state index in [-0.39, 0.29) is 12.8 Å². The van der Waals surface area contributed by atoms with Gasteiger partial charge in [0.15, 0.2) is 6.10 Å². The Hall–Kier alpha value is -0.900. The van der Waals surface area contributed by atoms with Crippen molar-refractivity contribution in [3.63, 3.8) is 0 Å². The van der Waals surface area contributed by atoms with Gasteiger partial charge in [-0.3, -0.25) is 0 Å². The number of aliphatic hydroxyl groups excluding tert-OH is 1. The minimum Gasteiger partial charge on any atom is -0.467 e. The monoisotopic (exact) mass is 146 g/mol. The first-order valence-corrected chi connectivity index (χ1v) is 2.92. The number of methoxy groups -OCH3 is 1. The molecule has 0 aliphatic heterocycles. The van der Waals surface area contributed by atoms with Crippen molar-refractivity contribution in [3.05, 3.63) is 0 Å². The minimum absolute atomic E-state index is 0.135. The number of rotatable bonds is 4. The number of hydrogen-bond donors (Lipinski definition) is 1. The lowest BCUT2D eigenvalue weighted by molar-refractivity contribution is -0.150. The van der Waals surface area contributed by atoms with Gasteiger partial charge < -0.3 is 14.6 Å². The zero-order valence-electron chi connectivity index (χ0n) is 5.74. The molecule has 1 unspecified atom stereocenters. The van der Waals surface area contributed by atoms with Crippen LogP contribution < -0.4 is 0 Å². The van der Waals surface area contributed by atoms with E-state index in [1.54, 1.807) is 0 Å². The number of carbonyl (C=O) groups is 2. The van der Waals surface area contributed by atoms with Gasteiger partial charge in [0, 0.05) is 6.42 Å². The molecule has 4 heteroatoms. The van der Waals surface area contributed by atoms with Gasteiger partial charge in [-0.05, 0) is 6.42 Å². The number of aldehydes is 1. The van der Waals surface area contributed by atoms with Crippen LogP contribution in [0.2, 0.25) is 0 Å². The highest BCUT2D eigenvalue weighted by molar-refractivity contribution is 5.74. The van der Waals surface area contributed by atoms with Gasteiger partial charge >= 0.3 is 5.97 Å². The summed E-state index contributed by atoms with van der Waals surface area (Å²) in [6.45, 7) is 0. The number of esters is 1. The van der Waals surface area contributed by atoms with Gasteiger partial charge in [-0.2, -0.15) is 0 Å². The van der Waals surface area contributed by atoms with Crippen LogP contribution in [-0.2, 0) is 14.3 Å². The van der Waals surface area contributed by atoms with Crippen LogP contribution in [0.25, 0.3) is 0 Å². The van der Waals surface area contributed by atoms with Gasteiger partial charge in [0.2, 0.25) is 0 Å². The molecular weight excluding hydrogens is 136 g/mol. The average Bonchev–Trinajstić information content (AvgIpc) is 1.98. The predicted molar refractivity (Wildman–Crippen MR) is 33.3 cm³/mol. The molecule has 0 spiro atoms. The van der Waals surface area contributed by atoms with Gasteiger partial charge in [0.1, 0.15) is 6.29 Å². The average molecular weight is 146 g/mol. The second-order valence-corrected chi connectivity index (χ2v) is 1.78. The molecule has 0 aliphatic rings. The van der Waals surface area contributed by atoms with Crippen molar-refractivity contribution in [1.29, 1.82) is 0 Å². The van der Waals surface area contributed by atoms with Crippen LogP contribution in [0.5, 0.6) is 0 Å². The molecule has 58 valence electrons. The SMILES string of the molecule is COC(=O)C(O)CCC=O. The second kappa shape index (κ2) is 4.93. The summed E-state index contributed by atoms with van der Waals surface area (Å²) in [5, 5.41) is 8.82. The third kappa shape index (κ3) is 3.19. The molecule has 10 heavy (non-hydrogen) atoms. The van der Waals surface area contributed by atoms with Crippen LogP contribution in [0.3, 0.4) is 0 Å². The summed E-state index contributed by atoms with van der Waals surface area (Å²) < 4.78 is 4.20. The van der Waals surface area contributed by atoms with Gasteiger partial charge in [-0.1, -0.05) is 0 Å². The lowest BCUT2D eigenvalue weighted by Crippen LogP contribution is -2.21. The zero-order valence-corrected chi connectivity index (χ0v) is 5.74. The predicted octanol–water partition coefficient (Wildman–Crippen LogP) is -0.501. The van der Waals surface area contributed by atoms with Crippen molar-refractivity contribution in [1.82, 2.24) is 0 Å². The molecule has 0 aromatic carbocycles. The summed E-state index contributed by atoms with van der Waals surface area (Å²) in [7, 11) is 1.19. The normalized spacial score (nSPS) is 12.2. The first kappa shape index (κ1) is 9.10. The third-order valence-electron chi connectivity index (χ3n) is 1.03. The number of ether oxygens (including phenoxy) is 1. The molecular formula is C6H10O4. The topological polar surface area (TPSA) is 63.6 Å². The fraction of sp³-hybridized carbons (Fsp3) is 0.667. The molecule has 0 saturated carbocycles. The van der Waals surface area contributed by atoms with Crippen LogP contribution in [0.15, 0.2) is 0 Å². The van der Waals surface area contributed by atoms with Crippen molar-refractivity contribution in [2.24, 2.45) is 0 Å². The van der Waals surface area contributed by atoms with Gasteiger partial charge in [-0.15, -0.1) is 0 Å². The van der Waals surface area contributed by atoms with Crippen molar-refractivity contribution >= 4 is 12.3 Å². The molecule has 0 fully saturated rings. The molecule has 0 amide bonds. The molecule has 0 rings (SSSR count). The van der Waals surface area contributed by atoms with E-state index in [4.69, 9.17) is 5.11 Å². The first-order valence-electron chi connectivity index (χ1n) is 2.92. The zero-order chi connectivity index (χ0) is 7.98. The van der Waals surface area contributed by atoms with E-state index in [1.165, 1.54) is 7.11 Å². The second-order valence-electron chi connectivity index (χ2n) is 1.78. The molecule has 1 atom stereocenters. The lowest BCUT2D eigenvalue weighted by atomic mass is 10.2. The molecule has 0 aromatic rings. The Morgan fingerprint density at radius 3 is 2.80 bits per heavy atom. The molecule has 0 saturated heterocycles. The molecule has 1 N–H and O–H groups in total. The van der Waals surface area contributed by atoms with Crippen LogP contribution in [-0.4, -0.2) is 30.6 Å². The van der Waals surface area contributed by atoms with Crippen molar-refractivity contribution in [2.75, 3.05) is 7.11 Å². The summed E-state index contributed by atoms with van der Waals surface area (Å²) in [6, 6.07) is 0. The highest BCUT2D eigenvalue weighted by atomic mass is 16.5. The Morgan fingerprint density at radius 1 is 1.80 bits per heavy atom. The molecule has 0 aliphatic carbocycles. The standard InChI is InChI=1S/C6H10O4/c1-10-6(9)5(8)3-2-4-7/h4-5,8H,2-3H2,1H3.